The highest BCUT2D eigenvalue weighted by Crippen LogP contribution is 2.37. The lowest BCUT2D eigenvalue weighted by Crippen LogP contribution is -1.80. The summed E-state index contributed by atoms with van der Waals surface area (Å²) in [6.07, 6.45) is 0. The van der Waals surface area contributed by atoms with Crippen LogP contribution in [0.5, 0.6) is 5.75 Å². The Morgan fingerprint density at radius 1 is 1.42 bits per heavy atom. The second-order valence-corrected chi connectivity index (χ2v) is 3.83. The van der Waals surface area contributed by atoms with E-state index in [1.54, 1.807) is 6.07 Å². The van der Waals surface area contributed by atoms with Crippen molar-refractivity contribution < 1.29 is 5.11 Å². The van der Waals surface area contributed by atoms with Crippen LogP contribution in [0.15, 0.2) is 18.2 Å². The minimum atomic E-state index is 0.318. The van der Waals surface area contributed by atoms with E-state index in [1.165, 1.54) is 11.3 Å². The molecule has 3 heteroatoms. The summed E-state index contributed by atoms with van der Waals surface area (Å²) < 4.78 is 1.05. The first kappa shape index (κ1) is 7.43. The Labute approximate surface area is 74.3 Å². The third-order valence-electron chi connectivity index (χ3n) is 1.97. The van der Waals surface area contributed by atoms with Crippen molar-refractivity contribution in [3.63, 3.8) is 0 Å². The van der Waals surface area contributed by atoms with Gasteiger partial charge in [0.2, 0.25) is 0 Å². The number of phenolic OH excluding ortho intramolecular Hbond substituents is 1. The minimum Gasteiger partial charge on any atom is -0.507 e. The van der Waals surface area contributed by atoms with Gasteiger partial charge >= 0.3 is 0 Å². The van der Waals surface area contributed by atoms with Gasteiger partial charge in [-0.1, -0.05) is 6.07 Å². The molecular weight excluding hydrogens is 170 g/mol. The maximum Gasteiger partial charge on any atom is 0.124 e. The average Bonchev–Trinajstić information content (AvgIpc) is 2.29. The molecule has 0 fully saturated rings. The van der Waals surface area contributed by atoms with Crippen molar-refractivity contribution in [3.05, 3.63) is 23.8 Å². The standard InChI is InChI=1S/C9H9NOS/c1-5-8-6(11)3-2-4-7(8)12-9(5)10/h2-4,11H,10H2,1H3. The summed E-state index contributed by atoms with van der Waals surface area (Å²) in [5.74, 6) is 0.318. The van der Waals surface area contributed by atoms with E-state index in [4.69, 9.17) is 5.73 Å². The number of rotatable bonds is 0. The maximum atomic E-state index is 9.52. The molecule has 0 saturated carbocycles. The van der Waals surface area contributed by atoms with E-state index in [0.717, 1.165) is 20.7 Å². The molecular formula is C9H9NOS. The number of benzene rings is 1. The quantitative estimate of drug-likeness (QED) is 0.652. The summed E-state index contributed by atoms with van der Waals surface area (Å²) in [5, 5.41) is 11.2. The highest BCUT2D eigenvalue weighted by atomic mass is 32.1. The third kappa shape index (κ3) is 0.865. The zero-order valence-electron chi connectivity index (χ0n) is 6.66. The van der Waals surface area contributed by atoms with Crippen LogP contribution in [0.3, 0.4) is 0 Å². The fourth-order valence-electron chi connectivity index (χ4n) is 1.30. The number of fused-ring (bicyclic) bond motifs is 1. The summed E-state index contributed by atoms with van der Waals surface area (Å²) in [6, 6.07) is 5.47. The molecule has 0 spiro atoms. The largest absolute Gasteiger partial charge is 0.507 e. The number of hydrogen-bond acceptors (Lipinski definition) is 3. The fourth-order valence-corrected chi connectivity index (χ4v) is 2.30. The molecule has 0 radical (unpaired) electrons. The first-order valence-electron chi connectivity index (χ1n) is 3.66. The van der Waals surface area contributed by atoms with Gasteiger partial charge in [0.15, 0.2) is 0 Å². The van der Waals surface area contributed by atoms with Crippen molar-refractivity contribution in [3.8, 4) is 5.75 Å². The number of phenols is 1. The Morgan fingerprint density at radius 3 is 2.83 bits per heavy atom. The molecule has 0 unspecified atom stereocenters. The van der Waals surface area contributed by atoms with E-state index >= 15 is 0 Å². The first-order chi connectivity index (χ1) is 5.70. The average molecular weight is 179 g/mol. The Bertz CT molecular complexity index is 433. The molecule has 0 bridgehead atoms. The smallest absolute Gasteiger partial charge is 0.124 e. The molecule has 0 amide bonds. The van der Waals surface area contributed by atoms with Crippen LogP contribution in [0, 0.1) is 6.92 Å². The number of hydrogen-bond donors (Lipinski definition) is 2. The molecule has 1 aromatic heterocycles. The first-order valence-corrected chi connectivity index (χ1v) is 4.48. The van der Waals surface area contributed by atoms with Crippen molar-refractivity contribution in [1.82, 2.24) is 0 Å². The lowest BCUT2D eigenvalue weighted by atomic mass is 10.2. The zero-order chi connectivity index (χ0) is 8.72. The van der Waals surface area contributed by atoms with E-state index < -0.39 is 0 Å². The highest BCUT2D eigenvalue weighted by molar-refractivity contribution is 7.22. The van der Waals surface area contributed by atoms with E-state index in [9.17, 15) is 5.11 Å². The van der Waals surface area contributed by atoms with Gasteiger partial charge in [0.1, 0.15) is 5.75 Å². The van der Waals surface area contributed by atoms with Gasteiger partial charge in [-0.15, -0.1) is 11.3 Å². The Kier molecular flexibility index (Phi) is 1.48. The van der Waals surface area contributed by atoms with Gasteiger partial charge in [-0.05, 0) is 24.6 Å². The molecule has 2 rings (SSSR count). The maximum absolute atomic E-state index is 9.52. The van der Waals surface area contributed by atoms with Crippen LogP contribution >= 0.6 is 11.3 Å². The SMILES string of the molecule is Cc1c(N)sc2cccc(O)c12. The highest BCUT2D eigenvalue weighted by Gasteiger charge is 2.08. The Morgan fingerprint density at radius 2 is 2.17 bits per heavy atom. The zero-order valence-corrected chi connectivity index (χ0v) is 7.48. The molecule has 1 aromatic carbocycles. The number of nitrogen functional groups attached to an aromatic ring is 1. The molecule has 0 aliphatic rings. The molecule has 2 aromatic rings. The summed E-state index contributed by atoms with van der Waals surface area (Å²) in [7, 11) is 0. The molecule has 1 heterocycles. The van der Waals surface area contributed by atoms with Crippen LogP contribution in [0.4, 0.5) is 5.00 Å². The molecule has 0 saturated heterocycles. The second kappa shape index (κ2) is 2.38. The number of thiophene rings is 1. The van der Waals surface area contributed by atoms with Gasteiger partial charge in [-0.2, -0.15) is 0 Å². The number of anilines is 1. The van der Waals surface area contributed by atoms with Gasteiger partial charge in [0.05, 0.1) is 5.00 Å². The van der Waals surface area contributed by atoms with Crippen molar-refractivity contribution in [1.29, 1.82) is 0 Å². The van der Waals surface area contributed by atoms with Crippen LogP contribution in [0.25, 0.3) is 10.1 Å². The molecule has 3 N–H and O–H groups in total. The topological polar surface area (TPSA) is 46.2 Å². The summed E-state index contributed by atoms with van der Waals surface area (Å²) in [5.41, 5.74) is 6.71. The molecule has 0 aliphatic carbocycles. The van der Waals surface area contributed by atoms with Gasteiger partial charge in [-0.3, -0.25) is 0 Å². The van der Waals surface area contributed by atoms with Gasteiger partial charge in [0, 0.05) is 10.1 Å². The van der Waals surface area contributed by atoms with Crippen molar-refractivity contribution in [2.75, 3.05) is 5.73 Å². The normalized spacial score (nSPS) is 10.8. The van der Waals surface area contributed by atoms with Crippen molar-refractivity contribution >= 4 is 26.4 Å². The van der Waals surface area contributed by atoms with Gasteiger partial charge in [0.25, 0.3) is 0 Å². The van der Waals surface area contributed by atoms with Crippen LogP contribution in [0.2, 0.25) is 0 Å². The molecule has 0 atom stereocenters. The van der Waals surface area contributed by atoms with Crippen LogP contribution in [0.1, 0.15) is 5.56 Å². The van der Waals surface area contributed by atoms with Crippen LogP contribution in [-0.4, -0.2) is 5.11 Å². The predicted octanol–water partition coefficient (Wildman–Crippen LogP) is 2.50. The number of nitrogens with two attached hydrogens (primary N) is 1. The summed E-state index contributed by atoms with van der Waals surface area (Å²) in [6.45, 7) is 1.92. The monoisotopic (exact) mass is 179 g/mol. The lowest BCUT2D eigenvalue weighted by molar-refractivity contribution is 0.481. The summed E-state index contributed by atoms with van der Waals surface area (Å²) in [4.78, 5) is 0. The Balaban J connectivity index is 2.97. The van der Waals surface area contributed by atoms with E-state index in [0.29, 0.717) is 5.75 Å². The fraction of sp³-hybridized carbons (Fsp3) is 0.111. The third-order valence-corrected chi connectivity index (χ3v) is 3.05. The lowest BCUT2D eigenvalue weighted by Gasteiger charge is -1.94. The van der Waals surface area contributed by atoms with E-state index in [1.807, 2.05) is 19.1 Å². The molecule has 12 heavy (non-hydrogen) atoms. The van der Waals surface area contributed by atoms with Gasteiger partial charge < -0.3 is 10.8 Å². The summed E-state index contributed by atoms with van der Waals surface area (Å²) >= 11 is 1.51. The second-order valence-electron chi connectivity index (χ2n) is 2.74. The molecule has 0 aliphatic heterocycles. The van der Waals surface area contributed by atoms with Crippen molar-refractivity contribution in [2.45, 2.75) is 6.92 Å². The van der Waals surface area contributed by atoms with Crippen molar-refractivity contribution in [2.24, 2.45) is 0 Å². The van der Waals surface area contributed by atoms with Crippen LogP contribution in [-0.2, 0) is 0 Å². The predicted molar refractivity (Wildman–Crippen MR) is 52.6 cm³/mol. The van der Waals surface area contributed by atoms with E-state index in [-0.39, 0.29) is 0 Å². The molecule has 2 nitrogen and oxygen atoms in total. The number of aromatic hydroxyl groups is 1. The van der Waals surface area contributed by atoms with Crippen LogP contribution < -0.4 is 5.73 Å². The van der Waals surface area contributed by atoms with Gasteiger partial charge in [-0.25, -0.2) is 0 Å². The molecule has 62 valence electrons. The number of aryl methyl sites for hydroxylation is 1. The van der Waals surface area contributed by atoms with E-state index in [2.05, 4.69) is 0 Å². The Hall–Kier alpha value is -1.22. The minimum absolute atomic E-state index is 0.318.